The summed E-state index contributed by atoms with van der Waals surface area (Å²) < 4.78 is 1.74. The van der Waals surface area contributed by atoms with Gasteiger partial charge in [-0.25, -0.2) is 0 Å². The van der Waals surface area contributed by atoms with E-state index in [1.165, 1.54) is 0 Å². The second-order valence-corrected chi connectivity index (χ2v) is 4.12. The Kier molecular flexibility index (Phi) is 2.95. The molecule has 0 fully saturated rings. The van der Waals surface area contributed by atoms with Gasteiger partial charge in [-0.05, 0) is 37.3 Å². The molecule has 0 saturated heterocycles. The van der Waals surface area contributed by atoms with E-state index in [4.69, 9.17) is 5.73 Å². The lowest BCUT2D eigenvalue weighted by Gasteiger charge is -2.02. The first-order chi connectivity index (χ1) is 8.06. The molecule has 0 radical (unpaired) electrons. The van der Waals surface area contributed by atoms with Crippen LogP contribution in [0, 0.1) is 6.92 Å². The molecular formula is C13H15N3O. The highest BCUT2D eigenvalue weighted by molar-refractivity contribution is 5.97. The average molecular weight is 229 g/mol. The zero-order valence-electron chi connectivity index (χ0n) is 9.97. The predicted molar refractivity (Wildman–Crippen MR) is 66.8 cm³/mol. The van der Waals surface area contributed by atoms with Gasteiger partial charge in [0.15, 0.2) is 5.78 Å². The summed E-state index contributed by atoms with van der Waals surface area (Å²) in [6.07, 6.45) is 0.362. The van der Waals surface area contributed by atoms with Crippen LogP contribution in [-0.4, -0.2) is 15.6 Å². The zero-order valence-corrected chi connectivity index (χ0v) is 9.97. The van der Waals surface area contributed by atoms with E-state index in [2.05, 4.69) is 5.10 Å². The van der Waals surface area contributed by atoms with Gasteiger partial charge in [-0.3, -0.25) is 9.48 Å². The van der Waals surface area contributed by atoms with Crippen molar-refractivity contribution in [3.05, 3.63) is 47.3 Å². The van der Waals surface area contributed by atoms with Gasteiger partial charge in [0, 0.05) is 24.0 Å². The van der Waals surface area contributed by atoms with Crippen LogP contribution < -0.4 is 5.73 Å². The van der Waals surface area contributed by atoms with Gasteiger partial charge in [-0.15, -0.1) is 0 Å². The van der Waals surface area contributed by atoms with Crippen LogP contribution in [-0.2, 0) is 13.5 Å². The lowest BCUT2D eigenvalue weighted by atomic mass is 10.1. The molecule has 1 aromatic heterocycles. The van der Waals surface area contributed by atoms with Crippen LogP contribution in [0.5, 0.6) is 0 Å². The van der Waals surface area contributed by atoms with Gasteiger partial charge in [-0.2, -0.15) is 5.10 Å². The summed E-state index contributed by atoms with van der Waals surface area (Å²) in [4.78, 5) is 12.0. The number of rotatable bonds is 3. The van der Waals surface area contributed by atoms with Gasteiger partial charge in [0.25, 0.3) is 0 Å². The third-order valence-corrected chi connectivity index (χ3v) is 2.67. The van der Waals surface area contributed by atoms with Crippen LogP contribution >= 0.6 is 0 Å². The molecule has 0 aliphatic heterocycles. The molecule has 0 spiro atoms. The van der Waals surface area contributed by atoms with Gasteiger partial charge in [0.1, 0.15) is 0 Å². The first-order valence-corrected chi connectivity index (χ1v) is 5.44. The normalized spacial score (nSPS) is 10.5. The molecule has 0 atom stereocenters. The van der Waals surface area contributed by atoms with Gasteiger partial charge < -0.3 is 5.73 Å². The molecule has 1 heterocycles. The molecule has 0 unspecified atom stereocenters. The summed E-state index contributed by atoms with van der Waals surface area (Å²) >= 11 is 0. The Bertz CT molecular complexity index is 540. The molecule has 2 N–H and O–H groups in total. The third kappa shape index (κ3) is 2.53. The highest BCUT2D eigenvalue weighted by Gasteiger charge is 2.10. The number of ketones is 1. The summed E-state index contributed by atoms with van der Waals surface area (Å²) in [5.74, 6) is 0.0769. The number of Topliss-reactive ketones (excluding diaryl/α,β-unsaturated/α-hetero) is 1. The Balaban J connectivity index is 2.17. The standard InChI is InChI=1S/C13H15N3O/c1-9-7-12(16(2)15-9)8-13(17)10-3-5-11(14)6-4-10/h3-7H,8,14H2,1-2H3. The van der Waals surface area contributed by atoms with E-state index in [-0.39, 0.29) is 5.78 Å². The number of hydrogen-bond acceptors (Lipinski definition) is 3. The Morgan fingerprint density at radius 1 is 1.35 bits per heavy atom. The smallest absolute Gasteiger partial charge is 0.168 e. The topological polar surface area (TPSA) is 60.9 Å². The quantitative estimate of drug-likeness (QED) is 0.644. The minimum atomic E-state index is 0.0769. The molecule has 0 saturated carbocycles. The fraction of sp³-hybridized carbons (Fsp3) is 0.231. The summed E-state index contributed by atoms with van der Waals surface area (Å²) in [6, 6.07) is 8.90. The summed E-state index contributed by atoms with van der Waals surface area (Å²) in [6.45, 7) is 1.91. The fourth-order valence-corrected chi connectivity index (χ4v) is 1.77. The molecule has 17 heavy (non-hydrogen) atoms. The Morgan fingerprint density at radius 3 is 2.53 bits per heavy atom. The van der Waals surface area contributed by atoms with E-state index in [9.17, 15) is 4.79 Å². The number of hydrogen-bond donors (Lipinski definition) is 1. The van der Waals surface area contributed by atoms with Crippen molar-refractivity contribution in [3.8, 4) is 0 Å². The Hall–Kier alpha value is -2.10. The maximum absolute atomic E-state index is 12.0. The number of nitrogens with two attached hydrogens (primary N) is 1. The maximum Gasteiger partial charge on any atom is 0.168 e. The fourth-order valence-electron chi connectivity index (χ4n) is 1.77. The van der Waals surface area contributed by atoms with Gasteiger partial charge in [0.2, 0.25) is 0 Å². The minimum Gasteiger partial charge on any atom is -0.399 e. The lowest BCUT2D eigenvalue weighted by Crippen LogP contribution is -2.07. The number of aryl methyl sites for hydroxylation is 2. The highest BCUT2D eigenvalue weighted by atomic mass is 16.1. The van der Waals surface area contributed by atoms with Crippen molar-refractivity contribution in [2.24, 2.45) is 7.05 Å². The third-order valence-electron chi connectivity index (χ3n) is 2.67. The van der Waals surface area contributed by atoms with E-state index in [1.54, 1.807) is 28.9 Å². The Labute approximate surface area is 100 Å². The van der Waals surface area contributed by atoms with Gasteiger partial charge >= 0.3 is 0 Å². The van der Waals surface area contributed by atoms with Crippen molar-refractivity contribution < 1.29 is 4.79 Å². The molecule has 1 aromatic carbocycles. The first-order valence-electron chi connectivity index (χ1n) is 5.44. The van der Waals surface area contributed by atoms with Crippen molar-refractivity contribution in [2.45, 2.75) is 13.3 Å². The van der Waals surface area contributed by atoms with Crippen LogP contribution in [0.2, 0.25) is 0 Å². The van der Waals surface area contributed by atoms with E-state index >= 15 is 0 Å². The summed E-state index contributed by atoms with van der Waals surface area (Å²) in [7, 11) is 1.85. The zero-order chi connectivity index (χ0) is 12.4. The average Bonchev–Trinajstić information content (AvgIpc) is 2.58. The van der Waals surface area contributed by atoms with Crippen LogP contribution in [0.4, 0.5) is 5.69 Å². The number of nitrogens with zero attached hydrogens (tertiary/aromatic N) is 2. The van der Waals surface area contributed by atoms with Crippen molar-refractivity contribution >= 4 is 11.5 Å². The molecule has 0 amide bonds. The van der Waals surface area contributed by atoms with Crippen LogP contribution in [0.1, 0.15) is 21.7 Å². The summed E-state index contributed by atoms with van der Waals surface area (Å²) in [5.41, 5.74) is 8.77. The number of nitrogen functional groups attached to an aromatic ring is 1. The molecule has 0 aliphatic carbocycles. The monoisotopic (exact) mass is 229 g/mol. The van der Waals surface area contributed by atoms with Crippen LogP contribution in [0.15, 0.2) is 30.3 Å². The number of carbonyl (C=O) groups is 1. The van der Waals surface area contributed by atoms with Crippen LogP contribution in [0.3, 0.4) is 0 Å². The molecular weight excluding hydrogens is 214 g/mol. The highest BCUT2D eigenvalue weighted by Crippen LogP contribution is 2.10. The largest absolute Gasteiger partial charge is 0.399 e. The number of carbonyl (C=O) groups excluding carboxylic acids is 1. The van der Waals surface area contributed by atoms with Gasteiger partial charge in [0.05, 0.1) is 12.1 Å². The minimum absolute atomic E-state index is 0.0769. The van der Waals surface area contributed by atoms with Crippen LogP contribution in [0.25, 0.3) is 0 Å². The Morgan fingerprint density at radius 2 is 2.00 bits per heavy atom. The van der Waals surface area contributed by atoms with Crippen molar-refractivity contribution in [1.82, 2.24) is 9.78 Å². The van der Waals surface area contributed by atoms with Crippen molar-refractivity contribution in [2.75, 3.05) is 5.73 Å². The van der Waals surface area contributed by atoms with E-state index < -0.39 is 0 Å². The molecule has 2 aromatic rings. The molecule has 0 aliphatic rings. The van der Waals surface area contributed by atoms with Crippen molar-refractivity contribution in [3.63, 3.8) is 0 Å². The molecule has 4 nitrogen and oxygen atoms in total. The SMILES string of the molecule is Cc1cc(CC(=O)c2ccc(N)cc2)n(C)n1. The second kappa shape index (κ2) is 4.41. The van der Waals surface area contributed by atoms with E-state index in [1.807, 2.05) is 20.0 Å². The molecule has 0 bridgehead atoms. The van der Waals surface area contributed by atoms with E-state index in [0.29, 0.717) is 17.7 Å². The number of aromatic nitrogens is 2. The number of benzene rings is 1. The van der Waals surface area contributed by atoms with Crippen molar-refractivity contribution in [1.29, 1.82) is 0 Å². The van der Waals surface area contributed by atoms with E-state index in [0.717, 1.165) is 11.4 Å². The molecule has 2 rings (SSSR count). The van der Waals surface area contributed by atoms with Gasteiger partial charge in [-0.1, -0.05) is 0 Å². The molecule has 4 heteroatoms. The predicted octanol–water partition coefficient (Wildman–Crippen LogP) is 1.74. The second-order valence-electron chi connectivity index (χ2n) is 4.12. The first kappa shape index (κ1) is 11.4. The summed E-state index contributed by atoms with van der Waals surface area (Å²) in [5, 5.41) is 4.22. The maximum atomic E-state index is 12.0. The number of anilines is 1. The lowest BCUT2D eigenvalue weighted by molar-refractivity contribution is 0.0991. The molecule has 88 valence electrons.